The van der Waals surface area contributed by atoms with Crippen LogP contribution in [-0.2, 0) is 6.54 Å². The maximum absolute atomic E-state index is 5.67. The Bertz CT molecular complexity index is 462. The molecular formula is C11H17N5O. The minimum absolute atomic E-state index is 0.140. The Morgan fingerprint density at radius 2 is 2.29 bits per heavy atom. The third-order valence-electron chi connectivity index (χ3n) is 2.61. The molecule has 0 aromatic carbocycles. The van der Waals surface area contributed by atoms with Crippen molar-refractivity contribution in [2.45, 2.75) is 26.6 Å². The molecule has 1 aromatic heterocycles. The molecule has 0 saturated carbocycles. The number of hydrogen-bond donors (Lipinski definition) is 2. The first-order valence-corrected chi connectivity index (χ1v) is 5.48. The summed E-state index contributed by atoms with van der Waals surface area (Å²) >= 11 is 0. The molecule has 0 spiro atoms. The molecule has 0 aliphatic carbocycles. The van der Waals surface area contributed by atoms with Crippen molar-refractivity contribution in [3.05, 3.63) is 23.7 Å². The summed E-state index contributed by atoms with van der Waals surface area (Å²) in [7, 11) is 1.95. The van der Waals surface area contributed by atoms with Gasteiger partial charge in [0.25, 0.3) is 0 Å². The van der Waals surface area contributed by atoms with Crippen LogP contribution in [0.3, 0.4) is 0 Å². The summed E-state index contributed by atoms with van der Waals surface area (Å²) in [5.74, 6) is 2.05. The molecule has 0 amide bonds. The number of furan rings is 1. The van der Waals surface area contributed by atoms with E-state index in [1.165, 1.54) is 0 Å². The predicted molar refractivity (Wildman–Crippen MR) is 66.6 cm³/mol. The highest BCUT2D eigenvalue weighted by Crippen LogP contribution is 2.11. The minimum atomic E-state index is -0.140. The Morgan fingerprint density at radius 3 is 2.88 bits per heavy atom. The molecule has 92 valence electrons. The Morgan fingerprint density at radius 1 is 1.53 bits per heavy atom. The topological polar surface area (TPSA) is 79.2 Å². The third kappa shape index (κ3) is 2.58. The van der Waals surface area contributed by atoms with Gasteiger partial charge in [-0.1, -0.05) is 0 Å². The van der Waals surface area contributed by atoms with Gasteiger partial charge >= 0.3 is 0 Å². The number of guanidine groups is 2. The van der Waals surface area contributed by atoms with Crippen LogP contribution < -0.4 is 11.1 Å². The molecule has 0 saturated heterocycles. The average Bonchev–Trinajstić information content (AvgIpc) is 2.63. The fourth-order valence-electron chi connectivity index (χ4n) is 1.69. The van der Waals surface area contributed by atoms with E-state index in [1.54, 1.807) is 6.26 Å². The largest absolute Gasteiger partial charge is 0.469 e. The fraction of sp³-hybridized carbons (Fsp3) is 0.455. The van der Waals surface area contributed by atoms with Crippen LogP contribution in [0.1, 0.15) is 18.2 Å². The SMILES string of the molecule is Cc1occc1CN(C)C1=NC(C)N=C(N)N1. The van der Waals surface area contributed by atoms with E-state index >= 15 is 0 Å². The standard InChI is InChI=1S/C11H17N5O/c1-7-9(4-5-17-7)6-16(3)11-14-8(2)13-10(12)15-11/h4-5,8H,6H2,1-3H3,(H3,12,13,14,15). The quantitative estimate of drug-likeness (QED) is 0.788. The Hall–Kier alpha value is -1.98. The number of nitrogens with one attached hydrogen (secondary N) is 1. The summed E-state index contributed by atoms with van der Waals surface area (Å²) in [4.78, 5) is 10.4. The molecule has 17 heavy (non-hydrogen) atoms. The summed E-state index contributed by atoms with van der Waals surface area (Å²) in [6.45, 7) is 4.55. The summed E-state index contributed by atoms with van der Waals surface area (Å²) in [6.07, 6.45) is 1.55. The fourth-order valence-corrected chi connectivity index (χ4v) is 1.69. The van der Waals surface area contributed by atoms with Crippen LogP contribution in [0.2, 0.25) is 0 Å². The molecule has 0 bridgehead atoms. The first-order valence-electron chi connectivity index (χ1n) is 5.48. The number of hydrogen-bond acceptors (Lipinski definition) is 6. The number of nitrogens with zero attached hydrogens (tertiary/aromatic N) is 3. The number of nitrogens with two attached hydrogens (primary N) is 1. The van der Waals surface area contributed by atoms with Crippen LogP contribution in [0.4, 0.5) is 0 Å². The monoisotopic (exact) mass is 235 g/mol. The van der Waals surface area contributed by atoms with Gasteiger partial charge in [-0.2, -0.15) is 0 Å². The predicted octanol–water partition coefficient (Wildman–Crippen LogP) is 0.640. The van der Waals surface area contributed by atoms with Gasteiger partial charge in [-0.05, 0) is 19.9 Å². The van der Waals surface area contributed by atoms with E-state index < -0.39 is 0 Å². The lowest BCUT2D eigenvalue weighted by Gasteiger charge is -2.25. The Balaban J connectivity index is 2.06. The van der Waals surface area contributed by atoms with Crippen molar-refractivity contribution < 1.29 is 4.42 Å². The highest BCUT2D eigenvalue weighted by molar-refractivity contribution is 5.99. The third-order valence-corrected chi connectivity index (χ3v) is 2.61. The van der Waals surface area contributed by atoms with Crippen LogP contribution in [0, 0.1) is 6.92 Å². The first kappa shape index (κ1) is 11.5. The number of aliphatic imine (C=N–C) groups is 2. The van der Waals surface area contributed by atoms with Crippen molar-refractivity contribution in [2.75, 3.05) is 7.05 Å². The molecular weight excluding hydrogens is 218 g/mol. The highest BCUT2D eigenvalue weighted by Gasteiger charge is 2.15. The van der Waals surface area contributed by atoms with E-state index in [4.69, 9.17) is 10.2 Å². The molecule has 2 heterocycles. The van der Waals surface area contributed by atoms with Crippen LogP contribution in [-0.4, -0.2) is 30.0 Å². The van der Waals surface area contributed by atoms with Crippen LogP contribution in [0.5, 0.6) is 0 Å². The van der Waals surface area contributed by atoms with Gasteiger partial charge in [0.1, 0.15) is 11.9 Å². The average molecular weight is 235 g/mol. The summed E-state index contributed by atoms with van der Waals surface area (Å²) in [5, 5.41) is 2.95. The molecule has 1 aliphatic heterocycles. The minimum Gasteiger partial charge on any atom is -0.469 e. The second kappa shape index (κ2) is 4.48. The van der Waals surface area contributed by atoms with E-state index in [9.17, 15) is 0 Å². The molecule has 0 fully saturated rings. The Labute approximate surface area is 100 Å². The van der Waals surface area contributed by atoms with E-state index in [0.29, 0.717) is 12.5 Å². The zero-order valence-corrected chi connectivity index (χ0v) is 10.3. The lowest BCUT2D eigenvalue weighted by molar-refractivity contribution is 0.465. The molecule has 1 unspecified atom stereocenters. The van der Waals surface area contributed by atoms with Crippen molar-refractivity contribution in [1.29, 1.82) is 0 Å². The molecule has 0 radical (unpaired) electrons. The van der Waals surface area contributed by atoms with Gasteiger partial charge in [-0.25, -0.2) is 9.98 Å². The highest BCUT2D eigenvalue weighted by atomic mass is 16.3. The lowest BCUT2D eigenvalue weighted by atomic mass is 10.2. The summed E-state index contributed by atoms with van der Waals surface area (Å²) in [5.41, 5.74) is 6.80. The van der Waals surface area contributed by atoms with Crippen molar-refractivity contribution in [3.8, 4) is 0 Å². The second-order valence-corrected chi connectivity index (χ2v) is 4.08. The van der Waals surface area contributed by atoms with Gasteiger partial charge in [0, 0.05) is 19.2 Å². The smallest absolute Gasteiger partial charge is 0.202 e. The molecule has 1 atom stereocenters. The maximum Gasteiger partial charge on any atom is 0.202 e. The van der Waals surface area contributed by atoms with E-state index in [0.717, 1.165) is 17.3 Å². The van der Waals surface area contributed by atoms with Gasteiger partial charge in [-0.3, -0.25) is 5.32 Å². The van der Waals surface area contributed by atoms with Crippen molar-refractivity contribution >= 4 is 11.9 Å². The molecule has 2 rings (SSSR count). The van der Waals surface area contributed by atoms with Crippen LogP contribution in [0.25, 0.3) is 0 Å². The zero-order valence-electron chi connectivity index (χ0n) is 10.3. The second-order valence-electron chi connectivity index (χ2n) is 4.08. The van der Waals surface area contributed by atoms with Gasteiger partial charge < -0.3 is 15.1 Å². The molecule has 1 aromatic rings. The van der Waals surface area contributed by atoms with Crippen molar-refractivity contribution in [2.24, 2.45) is 15.7 Å². The van der Waals surface area contributed by atoms with Gasteiger partial charge in [0.05, 0.1) is 6.26 Å². The van der Waals surface area contributed by atoms with Gasteiger partial charge in [-0.15, -0.1) is 0 Å². The Kier molecular flexibility index (Phi) is 3.03. The van der Waals surface area contributed by atoms with Gasteiger partial charge in [0.2, 0.25) is 5.96 Å². The molecule has 6 nitrogen and oxygen atoms in total. The van der Waals surface area contributed by atoms with Crippen molar-refractivity contribution in [1.82, 2.24) is 10.2 Å². The first-order chi connectivity index (χ1) is 8.06. The van der Waals surface area contributed by atoms with E-state index in [2.05, 4.69) is 15.3 Å². The van der Waals surface area contributed by atoms with Crippen LogP contribution >= 0.6 is 0 Å². The molecule has 1 aliphatic rings. The zero-order chi connectivity index (χ0) is 12.4. The van der Waals surface area contributed by atoms with E-state index in [-0.39, 0.29) is 6.17 Å². The van der Waals surface area contributed by atoms with Crippen LogP contribution in [0.15, 0.2) is 26.7 Å². The van der Waals surface area contributed by atoms with E-state index in [1.807, 2.05) is 31.9 Å². The number of aryl methyl sites for hydroxylation is 1. The lowest BCUT2D eigenvalue weighted by Crippen LogP contribution is -2.48. The summed E-state index contributed by atoms with van der Waals surface area (Å²) < 4.78 is 5.26. The molecule has 6 heteroatoms. The van der Waals surface area contributed by atoms with Gasteiger partial charge in [0.15, 0.2) is 5.96 Å². The normalized spacial score (nSPS) is 19.4. The van der Waals surface area contributed by atoms with Crippen molar-refractivity contribution in [3.63, 3.8) is 0 Å². The maximum atomic E-state index is 5.67. The number of rotatable bonds is 2. The summed E-state index contributed by atoms with van der Waals surface area (Å²) in [6, 6.07) is 1.95. The molecule has 3 N–H and O–H groups in total.